The van der Waals surface area contributed by atoms with E-state index in [4.69, 9.17) is 0 Å². The molecule has 0 aromatic heterocycles. The standard InChI is InChI=1S/C34H36N2O2/c37-25-11-10-23-16-30-33-13-12-29-31(34(33,28(23)17-25)14-15-35(30)19-21-8-9-21)24(18-33)20-36(29)32(38)27-7-3-5-22-4-1-2-6-26(22)27/h1-7,10-11,17,21,24,29-31,37H,8-9,12-16,18-20H2/t24-,29?,30?,31?,33?,34?/m1/s1. The Morgan fingerprint density at radius 1 is 1.00 bits per heavy atom. The molecule has 2 aliphatic heterocycles. The van der Waals surface area contributed by atoms with E-state index < -0.39 is 0 Å². The molecule has 3 aromatic carbocycles. The van der Waals surface area contributed by atoms with Gasteiger partial charge in [0, 0.05) is 36.2 Å². The summed E-state index contributed by atoms with van der Waals surface area (Å²) < 4.78 is 0. The van der Waals surface area contributed by atoms with Crippen LogP contribution in [0.5, 0.6) is 5.75 Å². The maximum absolute atomic E-state index is 14.3. The van der Waals surface area contributed by atoms with Gasteiger partial charge in [-0.25, -0.2) is 0 Å². The van der Waals surface area contributed by atoms with Crippen LogP contribution in [0.2, 0.25) is 0 Å². The third kappa shape index (κ3) is 2.63. The Kier molecular flexibility index (Phi) is 4.30. The van der Waals surface area contributed by atoms with E-state index in [-0.39, 0.29) is 11.3 Å². The summed E-state index contributed by atoms with van der Waals surface area (Å²) in [5, 5.41) is 12.9. The first-order valence-corrected chi connectivity index (χ1v) is 14.9. The van der Waals surface area contributed by atoms with Crippen molar-refractivity contribution in [2.75, 3.05) is 19.6 Å². The van der Waals surface area contributed by atoms with E-state index in [1.165, 1.54) is 56.3 Å². The van der Waals surface area contributed by atoms with Crippen molar-refractivity contribution in [1.29, 1.82) is 0 Å². The SMILES string of the molecule is O=C(c1cccc2ccccc12)N1C[C@H]2CC34CCC1C2C31CCN(CC2CC2)C4Cc2ccc(O)cc21. The maximum Gasteiger partial charge on any atom is 0.254 e. The number of phenolic OH excluding ortho intramolecular Hbond substituents is 1. The zero-order valence-corrected chi connectivity index (χ0v) is 22.0. The van der Waals surface area contributed by atoms with Crippen molar-refractivity contribution in [3.05, 3.63) is 77.4 Å². The van der Waals surface area contributed by atoms with Crippen molar-refractivity contribution < 1.29 is 9.90 Å². The fourth-order valence-electron chi connectivity index (χ4n) is 10.7. The van der Waals surface area contributed by atoms with E-state index in [2.05, 4.69) is 46.2 Å². The fourth-order valence-corrected chi connectivity index (χ4v) is 10.7. The van der Waals surface area contributed by atoms with Gasteiger partial charge in [0.25, 0.3) is 5.91 Å². The lowest BCUT2D eigenvalue weighted by Gasteiger charge is -2.66. The molecule has 5 unspecified atom stereocenters. The van der Waals surface area contributed by atoms with Gasteiger partial charge < -0.3 is 10.0 Å². The minimum Gasteiger partial charge on any atom is -0.508 e. The van der Waals surface area contributed by atoms with Crippen molar-refractivity contribution in [3.63, 3.8) is 0 Å². The largest absolute Gasteiger partial charge is 0.508 e. The summed E-state index contributed by atoms with van der Waals surface area (Å²) in [5.41, 5.74) is 4.14. The summed E-state index contributed by atoms with van der Waals surface area (Å²) in [5.74, 6) is 2.60. The van der Waals surface area contributed by atoms with Crippen LogP contribution in [0, 0.1) is 23.2 Å². The number of carbonyl (C=O) groups is 1. The third-order valence-corrected chi connectivity index (χ3v) is 12.1. The van der Waals surface area contributed by atoms with Crippen molar-refractivity contribution in [2.24, 2.45) is 23.2 Å². The number of piperidine rings is 1. The van der Waals surface area contributed by atoms with Gasteiger partial charge in [-0.3, -0.25) is 9.69 Å². The van der Waals surface area contributed by atoms with Crippen LogP contribution >= 0.6 is 0 Å². The van der Waals surface area contributed by atoms with Crippen molar-refractivity contribution in [1.82, 2.24) is 9.80 Å². The number of phenols is 1. The Balaban J connectivity index is 1.16. The topological polar surface area (TPSA) is 43.8 Å². The van der Waals surface area contributed by atoms with Crippen LogP contribution in [-0.2, 0) is 11.8 Å². The second-order valence-electron chi connectivity index (χ2n) is 13.5. The van der Waals surface area contributed by atoms with Crippen molar-refractivity contribution in [3.8, 4) is 5.75 Å². The predicted octanol–water partition coefficient (Wildman–Crippen LogP) is 5.76. The second-order valence-corrected chi connectivity index (χ2v) is 13.5. The minimum atomic E-state index is 0.0887. The molecule has 6 atom stereocenters. The second kappa shape index (κ2) is 7.41. The molecule has 4 heteroatoms. The number of nitrogens with zero attached hydrogens (tertiary/aromatic N) is 2. The quantitative estimate of drug-likeness (QED) is 0.493. The Morgan fingerprint density at radius 2 is 1.87 bits per heavy atom. The molecule has 6 aliphatic rings. The van der Waals surface area contributed by atoms with Gasteiger partial charge in [0.05, 0.1) is 0 Å². The van der Waals surface area contributed by atoms with Gasteiger partial charge in [-0.1, -0.05) is 42.5 Å². The van der Waals surface area contributed by atoms with Crippen molar-refractivity contribution >= 4 is 16.7 Å². The van der Waals surface area contributed by atoms with Crippen LogP contribution in [-0.4, -0.2) is 52.5 Å². The van der Waals surface area contributed by atoms with E-state index in [0.29, 0.717) is 35.1 Å². The highest BCUT2D eigenvalue weighted by molar-refractivity contribution is 6.07. The average molecular weight is 505 g/mol. The van der Waals surface area contributed by atoms with E-state index in [9.17, 15) is 9.90 Å². The molecule has 9 rings (SSSR count). The van der Waals surface area contributed by atoms with E-state index in [1.807, 2.05) is 24.3 Å². The number of likely N-dealkylation sites (tertiary alicyclic amines) is 2. The molecule has 3 saturated carbocycles. The molecule has 38 heavy (non-hydrogen) atoms. The highest BCUT2D eigenvalue weighted by Crippen LogP contribution is 2.75. The number of aromatic hydroxyl groups is 1. The molecule has 0 spiro atoms. The summed E-state index contributed by atoms with van der Waals surface area (Å²) in [6, 6.07) is 21.7. The van der Waals surface area contributed by atoms with Crippen LogP contribution in [0.3, 0.4) is 0 Å². The molecule has 5 fully saturated rings. The van der Waals surface area contributed by atoms with Crippen LogP contribution in [0.15, 0.2) is 60.7 Å². The molecule has 4 nitrogen and oxygen atoms in total. The Bertz CT molecular complexity index is 1490. The smallest absolute Gasteiger partial charge is 0.254 e. The highest BCUT2D eigenvalue weighted by Gasteiger charge is 2.76. The minimum absolute atomic E-state index is 0.0887. The molecule has 2 heterocycles. The molecule has 2 saturated heterocycles. The molecule has 1 N–H and O–H groups in total. The van der Waals surface area contributed by atoms with E-state index in [1.54, 1.807) is 0 Å². The average Bonchev–Trinajstić information content (AvgIpc) is 3.63. The molecule has 1 amide bonds. The lowest BCUT2D eigenvalue weighted by atomic mass is 9.43. The van der Waals surface area contributed by atoms with Gasteiger partial charge in [0.2, 0.25) is 0 Å². The number of carbonyl (C=O) groups excluding carboxylic acids is 1. The number of fused-ring (bicyclic) bond motifs is 2. The van der Waals surface area contributed by atoms with Crippen LogP contribution in [0.25, 0.3) is 10.8 Å². The number of amides is 1. The molecule has 4 bridgehead atoms. The zero-order chi connectivity index (χ0) is 25.2. The number of benzene rings is 3. The first-order chi connectivity index (χ1) is 18.6. The Labute approximate surface area is 224 Å². The first kappa shape index (κ1) is 22.0. The van der Waals surface area contributed by atoms with Gasteiger partial charge in [-0.05, 0) is 115 Å². The summed E-state index contributed by atoms with van der Waals surface area (Å²) in [6.45, 7) is 3.34. The fraction of sp³-hybridized carbons (Fsp3) is 0.500. The third-order valence-electron chi connectivity index (χ3n) is 12.1. The highest BCUT2D eigenvalue weighted by atomic mass is 16.3. The normalized spacial score (nSPS) is 36.8. The Hall–Kier alpha value is -2.85. The maximum atomic E-state index is 14.3. The Morgan fingerprint density at radius 3 is 2.76 bits per heavy atom. The summed E-state index contributed by atoms with van der Waals surface area (Å²) in [7, 11) is 0. The molecule has 4 aliphatic carbocycles. The lowest BCUT2D eigenvalue weighted by Crippen LogP contribution is -2.69. The van der Waals surface area contributed by atoms with Crippen LogP contribution in [0.1, 0.15) is 60.0 Å². The summed E-state index contributed by atoms with van der Waals surface area (Å²) >= 11 is 0. The van der Waals surface area contributed by atoms with Gasteiger partial charge >= 0.3 is 0 Å². The van der Waals surface area contributed by atoms with Gasteiger partial charge in [0.1, 0.15) is 5.75 Å². The van der Waals surface area contributed by atoms with Crippen molar-refractivity contribution in [2.45, 2.75) is 62.4 Å². The van der Waals surface area contributed by atoms with Gasteiger partial charge in [-0.2, -0.15) is 0 Å². The molecule has 0 radical (unpaired) electrons. The van der Waals surface area contributed by atoms with Crippen LogP contribution in [0.4, 0.5) is 0 Å². The zero-order valence-electron chi connectivity index (χ0n) is 22.0. The van der Waals surface area contributed by atoms with E-state index in [0.717, 1.165) is 41.6 Å². The van der Waals surface area contributed by atoms with Crippen LogP contribution < -0.4 is 0 Å². The summed E-state index contributed by atoms with van der Waals surface area (Å²) in [6.07, 6.45) is 8.71. The number of hydrogen-bond donors (Lipinski definition) is 1. The number of rotatable bonds is 3. The van der Waals surface area contributed by atoms with E-state index >= 15 is 0 Å². The predicted molar refractivity (Wildman–Crippen MR) is 148 cm³/mol. The molecular weight excluding hydrogens is 468 g/mol. The monoisotopic (exact) mass is 504 g/mol. The van der Waals surface area contributed by atoms with Gasteiger partial charge in [-0.15, -0.1) is 0 Å². The molecule has 3 aromatic rings. The van der Waals surface area contributed by atoms with Gasteiger partial charge in [0.15, 0.2) is 0 Å². The lowest BCUT2D eigenvalue weighted by molar-refractivity contribution is -0.102. The molecular formula is C34H36N2O2. The number of hydrogen-bond acceptors (Lipinski definition) is 3. The first-order valence-electron chi connectivity index (χ1n) is 14.9. The summed E-state index contributed by atoms with van der Waals surface area (Å²) in [4.78, 5) is 19.4. The molecule has 194 valence electrons.